The molecule has 2 rings (SSSR count). The molecule has 21 heavy (non-hydrogen) atoms. The third kappa shape index (κ3) is 3.78. The highest BCUT2D eigenvalue weighted by Crippen LogP contribution is 2.35. The normalized spacial score (nSPS) is 19.1. The molecule has 0 amide bonds. The first-order valence-electron chi connectivity index (χ1n) is 7.10. The molecular formula is C14H20F3N3O. The Morgan fingerprint density at radius 2 is 2.19 bits per heavy atom. The van der Waals surface area contributed by atoms with Crippen LogP contribution in [0.1, 0.15) is 31.2 Å². The van der Waals surface area contributed by atoms with Gasteiger partial charge in [0, 0.05) is 26.2 Å². The van der Waals surface area contributed by atoms with Gasteiger partial charge in [-0.05, 0) is 37.8 Å². The topological polar surface area (TPSA) is 48.4 Å². The average molecular weight is 303 g/mol. The third-order valence-corrected chi connectivity index (χ3v) is 3.76. The number of hydrogen-bond donors (Lipinski definition) is 2. The summed E-state index contributed by atoms with van der Waals surface area (Å²) >= 11 is 0. The summed E-state index contributed by atoms with van der Waals surface area (Å²) in [5.74, 6) is 0.572. The summed E-state index contributed by atoms with van der Waals surface area (Å²) in [6.07, 6.45) is -1.11. The maximum absolute atomic E-state index is 13.0. The minimum atomic E-state index is -4.39. The van der Waals surface area contributed by atoms with Gasteiger partial charge in [-0.3, -0.25) is 0 Å². The number of pyridine rings is 1. The highest BCUT2D eigenvalue weighted by Gasteiger charge is 2.33. The van der Waals surface area contributed by atoms with Gasteiger partial charge in [-0.2, -0.15) is 13.2 Å². The fraction of sp³-hybridized carbons (Fsp3) is 0.643. The van der Waals surface area contributed by atoms with Gasteiger partial charge in [0.25, 0.3) is 0 Å². The molecule has 1 aliphatic heterocycles. The van der Waals surface area contributed by atoms with E-state index in [0.29, 0.717) is 18.8 Å². The fourth-order valence-electron chi connectivity index (χ4n) is 2.72. The molecule has 1 aromatic rings. The Morgan fingerprint density at radius 1 is 1.43 bits per heavy atom. The van der Waals surface area contributed by atoms with Crippen molar-refractivity contribution < 1.29 is 18.3 Å². The third-order valence-electron chi connectivity index (χ3n) is 3.76. The van der Waals surface area contributed by atoms with Gasteiger partial charge in [0.15, 0.2) is 0 Å². The highest BCUT2D eigenvalue weighted by atomic mass is 19.4. The Morgan fingerprint density at radius 3 is 2.81 bits per heavy atom. The highest BCUT2D eigenvalue weighted by molar-refractivity contribution is 5.52. The molecule has 2 heterocycles. The van der Waals surface area contributed by atoms with E-state index in [0.717, 1.165) is 31.4 Å². The fourth-order valence-corrected chi connectivity index (χ4v) is 2.72. The summed E-state index contributed by atoms with van der Waals surface area (Å²) < 4.78 is 38.9. The van der Waals surface area contributed by atoms with Crippen LogP contribution >= 0.6 is 0 Å². The van der Waals surface area contributed by atoms with Crippen LogP contribution in [0.5, 0.6) is 0 Å². The summed E-state index contributed by atoms with van der Waals surface area (Å²) in [6, 6.07) is 2.28. The maximum atomic E-state index is 13.0. The monoisotopic (exact) mass is 303 g/mol. The largest absolute Gasteiger partial charge is 0.416 e. The Labute approximate surface area is 122 Å². The molecule has 2 N–H and O–H groups in total. The summed E-state index contributed by atoms with van der Waals surface area (Å²) in [5.41, 5.74) is -0.690. The number of aliphatic hydroxyl groups excluding tert-OH is 1. The van der Waals surface area contributed by atoms with Gasteiger partial charge in [-0.15, -0.1) is 0 Å². The van der Waals surface area contributed by atoms with Crippen molar-refractivity contribution in [1.82, 2.24) is 4.98 Å². The molecule has 1 saturated heterocycles. The van der Waals surface area contributed by atoms with Gasteiger partial charge in [0.1, 0.15) is 11.6 Å². The molecule has 0 saturated carbocycles. The lowest BCUT2D eigenvalue weighted by Crippen LogP contribution is -2.30. The molecule has 1 aromatic heterocycles. The number of nitrogens with one attached hydrogen (secondary N) is 1. The van der Waals surface area contributed by atoms with E-state index in [4.69, 9.17) is 5.11 Å². The van der Waals surface area contributed by atoms with Crippen LogP contribution in [0.15, 0.2) is 12.1 Å². The van der Waals surface area contributed by atoms with Crippen molar-refractivity contribution in [2.75, 3.05) is 30.4 Å². The lowest BCUT2D eigenvalue weighted by atomic mass is 10.1. The van der Waals surface area contributed by atoms with E-state index < -0.39 is 11.7 Å². The molecule has 1 aliphatic rings. The van der Waals surface area contributed by atoms with E-state index in [9.17, 15) is 13.2 Å². The summed E-state index contributed by atoms with van der Waals surface area (Å²) in [5, 5.41) is 11.6. The van der Waals surface area contributed by atoms with Crippen molar-refractivity contribution in [1.29, 1.82) is 0 Å². The number of aromatic nitrogens is 1. The predicted octanol–water partition coefficient (Wildman–Crippen LogP) is 2.88. The molecule has 0 aliphatic carbocycles. The molecule has 0 spiro atoms. The first-order valence-corrected chi connectivity index (χ1v) is 7.10. The second-order valence-electron chi connectivity index (χ2n) is 5.20. The zero-order valence-corrected chi connectivity index (χ0v) is 12.0. The molecule has 7 heteroatoms. The van der Waals surface area contributed by atoms with Gasteiger partial charge in [-0.25, -0.2) is 4.98 Å². The molecule has 118 valence electrons. The van der Waals surface area contributed by atoms with Crippen LogP contribution in [-0.4, -0.2) is 36.3 Å². The van der Waals surface area contributed by atoms with Gasteiger partial charge in [-0.1, -0.05) is 0 Å². The molecule has 4 nitrogen and oxygen atoms in total. The molecule has 1 unspecified atom stereocenters. The Bertz CT molecular complexity index is 479. The second kappa shape index (κ2) is 6.51. The Kier molecular flexibility index (Phi) is 4.92. The number of anilines is 2. The van der Waals surface area contributed by atoms with Crippen LogP contribution in [0.4, 0.5) is 24.8 Å². The van der Waals surface area contributed by atoms with Crippen molar-refractivity contribution in [3.8, 4) is 0 Å². The number of hydrogen-bond acceptors (Lipinski definition) is 4. The van der Waals surface area contributed by atoms with E-state index in [-0.39, 0.29) is 18.5 Å². The van der Waals surface area contributed by atoms with Crippen molar-refractivity contribution in [3.63, 3.8) is 0 Å². The summed E-state index contributed by atoms with van der Waals surface area (Å²) in [6.45, 7) is 0.801. The molecule has 1 atom stereocenters. The number of nitrogens with zero attached hydrogens (tertiary/aromatic N) is 2. The van der Waals surface area contributed by atoms with Crippen LogP contribution in [0, 0.1) is 0 Å². The minimum Gasteiger partial charge on any atom is -0.396 e. The predicted molar refractivity (Wildman–Crippen MR) is 75.5 cm³/mol. The van der Waals surface area contributed by atoms with Gasteiger partial charge < -0.3 is 15.3 Å². The van der Waals surface area contributed by atoms with E-state index in [1.54, 1.807) is 7.05 Å². The Hall–Kier alpha value is -1.50. The van der Waals surface area contributed by atoms with E-state index in [1.807, 2.05) is 4.90 Å². The van der Waals surface area contributed by atoms with Crippen LogP contribution in [0.25, 0.3) is 0 Å². The van der Waals surface area contributed by atoms with Crippen molar-refractivity contribution in [2.45, 2.75) is 37.9 Å². The average Bonchev–Trinajstić information content (AvgIpc) is 2.92. The van der Waals surface area contributed by atoms with Crippen molar-refractivity contribution >= 4 is 11.6 Å². The number of rotatable bonds is 5. The van der Waals surface area contributed by atoms with E-state index >= 15 is 0 Å². The van der Waals surface area contributed by atoms with Crippen molar-refractivity contribution in [2.24, 2.45) is 0 Å². The molecule has 0 aromatic carbocycles. The molecular weight excluding hydrogens is 283 g/mol. The standard InChI is InChI=1S/C14H20F3N3O/c1-18-12-8-10(14(15,16)17)9-13(19-12)20-6-2-4-11(20)5-3-7-21/h8-9,11,21H,2-7H2,1H3,(H,18,19). The molecule has 0 bridgehead atoms. The van der Waals surface area contributed by atoms with Crippen LogP contribution in [0.3, 0.4) is 0 Å². The summed E-state index contributed by atoms with van der Waals surface area (Å²) in [4.78, 5) is 6.18. The smallest absolute Gasteiger partial charge is 0.396 e. The van der Waals surface area contributed by atoms with Gasteiger partial charge in [0.2, 0.25) is 0 Å². The number of halogens is 3. The zero-order chi connectivity index (χ0) is 15.5. The number of alkyl halides is 3. The van der Waals surface area contributed by atoms with Crippen LogP contribution in [-0.2, 0) is 6.18 Å². The lowest BCUT2D eigenvalue weighted by molar-refractivity contribution is -0.137. The quantitative estimate of drug-likeness (QED) is 0.878. The lowest BCUT2D eigenvalue weighted by Gasteiger charge is -2.26. The van der Waals surface area contributed by atoms with Crippen molar-refractivity contribution in [3.05, 3.63) is 17.7 Å². The van der Waals surface area contributed by atoms with Crippen LogP contribution in [0.2, 0.25) is 0 Å². The SMILES string of the molecule is CNc1cc(C(F)(F)F)cc(N2CCCC2CCCO)n1. The summed E-state index contributed by atoms with van der Waals surface area (Å²) in [7, 11) is 1.56. The second-order valence-corrected chi connectivity index (χ2v) is 5.20. The van der Waals surface area contributed by atoms with Crippen LogP contribution < -0.4 is 10.2 Å². The first kappa shape index (κ1) is 15.9. The van der Waals surface area contributed by atoms with E-state index in [1.165, 1.54) is 0 Å². The molecule has 1 fully saturated rings. The maximum Gasteiger partial charge on any atom is 0.416 e. The Balaban J connectivity index is 2.29. The first-order chi connectivity index (χ1) is 9.95. The minimum absolute atomic E-state index is 0.0993. The van der Waals surface area contributed by atoms with E-state index in [2.05, 4.69) is 10.3 Å². The molecule has 0 radical (unpaired) electrons. The van der Waals surface area contributed by atoms with Gasteiger partial charge >= 0.3 is 6.18 Å². The van der Waals surface area contributed by atoms with Gasteiger partial charge in [0.05, 0.1) is 5.56 Å². The zero-order valence-electron chi connectivity index (χ0n) is 12.0. The number of aliphatic hydroxyl groups is 1.